The van der Waals surface area contributed by atoms with E-state index in [1.807, 2.05) is 0 Å². The number of amides is 1. The summed E-state index contributed by atoms with van der Waals surface area (Å²) in [7, 11) is 0. The van der Waals surface area contributed by atoms with Gasteiger partial charge < -0.3 is 15.8 Å². The predicted octanol–water partition coefficient (Wildman–Crippen LogP) is 1.22. The molecule has 1 aromatic carbocycles. The lowest BCUT2D eigenvalue weighted by Gasteiger charge is -2.07. The van der Waals surface area contributed by atoms with Crippen LogP contribution < -0.4 is 15.8 Å². The van der Waals surface area contributed by atoms with Crippen molar-refractivity contribution in [2.45, 2.75) is 0 Å². The van der Waals surface area contributed by atoms with Crippen molar-refractivity contribution in [1.82, 2.24) is 5.32 Å². The van der Waals surface area contributed by atoms with Crippen molar-refractivity contribution >= 4 is 29.9 Å². The summed E-state index contributed by atoms with van der Waals surface area (Å²) in [4.78, 5) is 11.2. The third kappa shape index (κ3) is 5.21. The third-order valence-corrected chi connectivity index (χ3v) is 1.97. The molecule has 0 aliphatic rings. The zero-order chi connectivity index (χ0) is 11.1. The molecule has 1 rings (SSSR count). The molecule has 0 radical (unpaired) electrons. The molecule has 16 heavy (non-hydrogen) atoms. The van der Waals surface area contributed by atoms with E-state index in [1.165, 1.54) is 0 Å². The van der Waals surface area contributed by atoms with Gasteiger partial charge in [0.15, 0.2) is 6.61 Å². The summed E-state index contributed by atoms with van der Waals surface area (Å²) in [6.07, 6.45) is 0. The van der Waals surface area contributed by atoms with Crippen molar-refractivity contribution in [3.63, 3.8) is 0 Å². The Hall–Kier alpha value is -0.970. The number of hydrogen-bond donors (Lipinski definition) is 2. The molecule has 90 valence electrons. The number of carbonyl (C=O) groups excluding carboxylic acids is 1. The summed E-state index contributed by atoms with van der Waals surface area (Å²) in [5.74, 6) is 0.294. The Morgan fingerprint density at radius 2 is 2.12 bits per heavy atom. The lowest BCUT2D eigenvalue weighted by molar-refractivity contribution is -0.123. The molecule has 0 bridgehead atoms. The molecular formula is C10H14Cl2N2O2. The van der Waals surface area contributed by atoms with Gasteiger partial charge in [-0.05, 0) is 12.1 Å². The van der Waals surface area contributed by atoms with Crippen LogP contribution in [0.25, 0.3) is 0 Å². The van der Waals surface area contributed by atoms with Crippen molar-refractivity contribution in [3.8, 4) is 5.75 Å². The second-order valence-corrected chi connectivity index (χ2v) is 3.26. The van der Waals surface area contributed by atoms with Gasteiger partial charge in [0.1, 0.15) is 5.75 Å². The first kappa shape index (κ1) is 15.0. The van der Waals surface area contributed by atoms with Gasteiger partial charge in [0.05, 0.1) is 5.02 Å². The Morgan fingerprint density at radius 1 is 1.44 bits per heavy atom. The molecule has 0 heterocycles. The molecular weight excluding hydrogens is 251 g/mol. The fourth-order valence-electron chi connectivity index (χ4n) is 0.968. The second kappa shape index (κ2) is 8.21. The topological polar surface area (TPSA) is 64.3 Å². The number of carbonyl (C=O) groups is 1. The number of para-hydroxylation sites is 1. The maximum atomic E-state index is 11.2. The molecule has 0 unspecified atom stereocenters. The minimum Gasteiger partial charge on any atom is -0.482 e. The molecule has 1 aromatic rings. The highest BCUT2D eigenvalue weighted by atomic mass is 35.5. The van der Waals surface area contributed by atoms with Crippen molar-refractivity contribution in [1.29, 1.82) is 0 Å². The fourth-order valence-corrected chi connectivity index (χ4v) is 1.16. The summed E-state index contributed by atoms with van der Waals surface area (Å²) in [5.41, 5.74) is 5.23. The van der Waals surface area contributed by atoms with Crippen LogP contribution in [-0.2, 0) is 4.79 Å². The van der Waals surface area contributed by atoms with Crippen LogP contribution in [0.1, 0.15) is 0 Å². The van der Waals surface area contributed by atoms with Crippen LogP contribution in [0.5, 0.6) is 5.75 Å². The molecule has 0 spiro atoms. The lowest BCUT2D eigenvalue weighted by Crippen LogP contribution is -2.32. The van der Waals surface area contributed by atoms with Crippen LogP contribution in [0.3, 0.4) is 0 Å². The first-order chi connectivity index (χ1) is 7.24. The van der Waals surface area contributed by atoms with E-state index in [1.54, 1.807) is 24.3 Å². The first-order valence-corrected chi connectivity index (χ1v) is 4.96. The smallest absolute Gasteiger partial charge is 0.257 e. The Balaban J connectivity index is 0.00000225. The zero-order valence-corrected chi connectivity index (χ0v) is 10.2. The molecule has 0 saturated carbocycles. The second-order valence-electron chi connectivity index (χ2n) is 2.86. The van der Waals surface area contributed by atoms with Crippen LogP contribution in [0.2, 0.25) is 5.02 Å². The number of benzene rings is 1. The molecule has 0 aliphatic carbocycles. The maximum Gasteiger partial charge on any atom is 0.257 e. The molecule has 0 atom stereocenters. The standard InChI is InChI=1S/C10H13ClN2O2.ClH/c11-8-3-1-2-4-9(8)15-7-10(14)13-6-5-12;/h1-4H,5-7,12H2,(H,13,14);1H. The molecule has 0 aromatic heterocycles. The molecule has 4 nitrogen and oxygen atoms in total. The third-order valence-electron chi connectivity index (χ3n) is 1.66. The average Bonchev–Trinajstić information content (AvgIpc) is 2.25. The SMILES string of the molecule is Cl.NCCNC(=O)COc1ccccc1Cl. The van der Waals surface area contributed by atoms with Gasteiger partial charge in [0, 0.05) is 13.1 Å². The van der Waals surface area contributed by atoms with Gasteiger partial charge in [0.25, 0.3) is 5.91 Å². The number of halogens is 2. The van der Waals surface area contributed by atoms with E-state index < -0.39 is 0 Å². The van der Waals surface area contributed by atoms with Gasteiger partial charge in [0.2, 0.25) is 0 Å². The van der Waals surface area contributed by atoms with Crippen LogP contribution >= 0.6 is 24.0 Å². The zero-order valence-electron chi connectivity index (χ0n) is 8.61. The molecule has 0 aliphatic heterocycles. The van der Waals surface area contributed by atoms with E-state index >= 15 is 0 Å². The quantitative estimate of drug-likeness (QED) is 0.841. The fraction of sp³-hybridized carbons (Fsp3) is 0.300. The minimum atomic E-state index is -0.208. The minimum absolute atomic E-state index is 0. The predicted molar refractivity (Wildman–Crippen MR) is 66.3 cm³/mol. The molecule has 6 heteroatoms. The van der Waals surface area contributed by atoms with Gasteiger partial charge in [-0.15, -0.1) is 12.4 Å². The normalized spacial score (nSPS) is 9.12. The monoisotopic (exact) mass is 264 g/mol. The summed E-state index contributed by atoms with van der Waals surface area (Å²) < 4.78 is 5.21. The van der Waals surface area contributed by atoms with Crippen LogP contribution in [0, 0.1) is 0 Å². The van der Waals surface area contributed by atoms with Gasteiger partial charge in [-0.3, -0.25) is 4.79 Å². The van der Waals surface area contributed by atoms with Crippen molar-refractivity contribution in [2.24, 2.45) is 5.73 Å². The first-order valence-electron chi connectivity index (χ1n) is 4.58. The van der Waals surface area contributed by atoms with Gasteiger partial charge >= 0.3 is 0 Å². The van der Waals surface area contributed by atoms with E-state index in [0.29, 0.717) is 23.9 Å². The van der Waals surface area contributed by atoms with E-state index in [4.69, 9.17) is 22.1 Å². The summed E-state index contributed by atoms with van der Waals surface area (Å²) in [6, 6.07) is 7.00. The Bertz CT molecular complexity index is 334. The van der Waals surface area contributed by atoms with Crippen LogP contribution in [-0.4, -0.2) is 25.6 Å². The van der Waals surface area contributed by atoms with E-state index in [2.05, 4.69) is 5.32 Å². The van der Waals surface area contributed by atoms with Crippen molar-refractivity contribution < 1.29 is 9.53 Å². The van der Waals surface area contributed by atoms with E-state index in [-0.39, 0.29) is 24.9 Å². The van der Waals surface area contributed by atoms with E-state index in [0.717, 1.165) is 0 Å². The average molecular weight is 265 g/mol. The lowest BCUT2D eigenvalue weighted by atomic mass is 10.3. The van der Waals surface area contributed by atoms with Gasteiger partial charge in [-0.2, -0.15) is 0 Å². The summed E-state index contributed by atoms with van der Waals surface area (Å²) >= 11 is 5.84. The van der Waals surface area contributed by atoms with Gasteiger partial charge in [-0.25, -0.2) is 0 Å². The van der Waals surface area contributed by atoms with Gasteiger partial charge in [-0.1, -0.05) is 23.7 Å². The maximum absolute atomic E-state index is 11.2. The molecule has 1 amide bonds. The number of rotatable bonds is 5. The molecule has 3 N–H and O–H groups in total. The Labute approximate surface area is 106 Å². The summed E-state index contributed by atoms with van der Waals surface area (Å²) in [6.45, 7) is 0.812. The van der Waals surface area contributed by atoms with Crippen LogP contribution in [0.15, 0.2) is 24.3 Å². The van der Waals surface area contributed by atoms with Crippen LogP contribution in [0.4, 0.5) is 0 Å². The Kier molecular flexibility index (Phi) is 7.72. The van der Waals surface area contributed by atoms with E-state index in [9.17, 15) is 4.79 Å². The Morgan fingerprint density at radius 3 is 2.75 bits per heavy atom. The largest absolute Gasteiger partial charge is 0.482 e. The molecule has 0 fully saturated rings. The molecule has 0 saturated heterocycles. The summed E-state index contributed by atoms with van der Waals surface area (Å²) in [5, 5.41) is 3.08. The number of nitrogens with two attached hydrogens (primary N) is 1. The van der Waals surface area contributed by atoms with Crippen molar-refractivity contribution in [2.75, 3.05) is 19.7 Å². The highest BCUT2D eigenvalue weighted by Gasteiger charge is 2.03. The van der Waals surface area contributed by atoms with Crippen molar-refractivity contribution in [3.05, 3.63) is 29.3 Å². The number of hydrogen-bond acceptors (Lipinski definition) is 3. The number of nitrogens with one attached hydrogen (secondary N) is 1. The number of ether oxygens (including phenoxy) is 1. The highest BCUT2D eigenvalue weighted by molar-refractivity contribution is 6.32. The highest BCUT2D eigenvalue weighted by Crippen LogP contribution is 2.22.